The number of hydrogen-bond donors (Lipinski definition) is 0. The molecular weight excluding hydrogens is 328 g/mol. The SMILES string of the molecule is COc1c(F)c(F)c(Bc2c(F)cc(F)c(F)c2C)c(F)c1F. The summed E-state index contributed by atoms with van der Waals surface area (Å²) >= 11 is 0. The minimum absolute atomic E-state index is 0.184. The Labute approximate surface area is 126 Å². The molecule has 0 aromatic heterocycles. The standard InChI is InChI=1S/C14H8BF7O/c1-4-7(5(16)3-6(17)9(4)18)15-8-10(19)12(21)14(23-2)13(22)11(8)20/h3,15H,1-2H3. The van der Waals surface area contributed by atoms with Gasteiger partial charge in [0.2, 0.25) is 18.9 Å². The number of hydrogen-bond acceptors (Lipinski definition) is 1. The van der Waals surface area contributed by atoms with Gasteiger partial charge in [-0.25, -0.2) is 22.0 Å². The quantitative estimate of drug-likeness (QED) is 0.475. The summed E-state index contributed by atoms with van der Waals surface area (Å²) < 4.78 is 99.4. The fourth-order valence-corrected chi connectivity index (χ4v) is 2.14. The van der Waals surface area contributed by atoms with E-state index in [1.54, 1.807) is 0 Å². The van der Waals surface area contributed by atoms with Gasteiger partial charge in [-0.05, 0) is 23.4 Å². The first-order valence-electron chi connectivity index (χ1n) is 6.22. The minimum atomic E-state index is -1.80. The van der Waals surface area contributed by atoms with Crippen molar-refractivity contribution in [3.8, 4) is 5.75 Å². The maximum Gasteiger partial charge on any atom is 0.204 e. The molecule has 0 saturated heterocycles. The Morgan fingerprint density at radius 1 is 0.739 bits per heavy atom. The predicted octanol–water partition coefficient (Wildman–Crippen LogP) is 2.36. The second-order valence-corrected chi connectivity index (χ2v) is 4.70. The van der Waals surface area contributed by atoms with E-state index in [1.807, 2.05) is 0 Å². The van der Waals surface area contributed by atoms with Crippen LogP contribution in [-0.4, -0.2) is 14.4 Å². The highest BCUT2D eigenvalue weighted by atomic mass is 19.2. The zero-order valence-electron chi connectivity index (χ0n) is 11.8. The molecule has 0 unspecified atom stereocenters. The smallest absolute Gasteiger partial charge is 0.204 e. The summed E-state index contributed by atoms with van der Waals surface area (Å²) in [5, 5.41) is 0. The van der Waals surface area contributed by atoms with E-state index in [0.717, 1.165) is 14.0 Å². The molecule has 0 amide bonds. The molecule has 0 heterocycles. The summed E-state index contributed by atoms with van der Waals surface area (Å²) in [7, 11) is -0.205. The molecule has 0 radical (unpaired) electrons. The van der Waals surface area contributed by atoms with Crippen molar-refractivity contribution < 1.29 is 35.5 Å². The van der Waals surface area contributed by atoms with Crippen molar-refractivity contribution in [1.82, 2.24) is 0 Å². The third-order valence-corrected chi connectivity index (χ3v) is 3.41. The number of benzene rings is 2. The first kappa shape index (κ1) is 17.2. The summed E-state index contributed by atoms with van der Waals surface area (Å²) in [5.74, 6) is -12.7. The van der Waals surface area contributed by atoms with Gasteiger partial charge in [0.05, 0.1) is 7.11 Å². The molecule has 122 valence electrons. The molecule has 9 heteroatoms. The third kappa shape index (κ3) is 2.75. The summed E-state index contributed by atoms with van der Waals surface area (Å²) in [4.78, 5) is 0. The van der Waals surface area contributed by atoms with Gasteiger partial charge < -0.3 is 4.74 Å². The number of halogens is 7. The van der Waals surface area contributed by atoms with Crippen LogP contribution in [0.4, 0.5) is 30.7 Å². The molecule has 0 atom stereocenters. The molecule has 0 fully saturated rings. The first-order valence-corrected chi connectivity index (χ1v) is 6.22. The highest BCUT2D eigenvalue weighted by Gasteiger charge is 2.28. The average molecular weight is 336 g/mol. The van der Waals surface area contributed by atoms with Crippen molar-refractivity contribution >= 4 is 18.2 Å². The van der Waals surface area contributed by atoms with Gasteiger partial charge in [-0.15, -0.1) is 0 Å². The molecule has 2 aromatic rings. The Hall–Kier alpha value is -2.19. The van der Waals surface area contributed by atoms with Gasteiger partial charge in [0.25, 0.3) is 0 Å². The topological polar surface area (TPSA) is 9.23 Å². The van der Waals surface area contributed by atoms with Gasteiger partial charge in [0.15, 0.2) is 29.0 Å². The number of methoxy groups -OCH3 is 1. The zero-order valence-corrected chi connectivity index (χ0v) is 11.8. The minimum Gasteiger partial charge on any atom is -0.491 e. The van der Waals surface area contributed by atoms with Gasteiger partial charge in [0.1, 0.15) is 5.82 Å². The molecule has 2 aromatic carbocycles. The Balaban J connectivity index is 2.65. The van der Waals surface area contributed by atoms with Crippen LogP contribution in [0.2, 0.25) is 0 Å². The summed E-state index contributed by atoms with van der Waals surface area (Å²) in [6.45, 7) is 0.975. The molecule has 0 aliphatic rings. The Bertz CT molecular complexity index is 763. The highest BCUT2D eigenvalue weighted by molar-refractivity contribution is 6.68. The van der Waals surface area contributed by atoms with E-state index >= 15 is 0 Å². The molecule has 0 aliphatic carbocycles. The first-order chi connectivity index (χ1) is 10.7. The summed E-state index contributed by atoms with van der Waals surface area (Å²) in [6, 6.07) is 0.184. The van der Waals surface area contributed by atoms with E-state index in [9.17, 15) is 30.7 Å². The number of ether oxygens (including phenoxy) is 1. The average Bonchev–Trinajstić information content (AvgIpc) is 2.51. The van der Waals surface area contributed by atoms with Crippen LogP contribution in [0.5, 0.6) is 5.75 Å². The van der Waals surface area contributed by atoms with Crippen molar-refractivity contribution in [2.24, 2.45) is 0 Å². The fourth-order valence-electron chi connectivity index (χ4n) is 2.14. The lowest BCUT2D eigenvalue weighted by Crippen LogP contribution is -2.38. The van der Waals surface area contributed by atoms with Gasteiger partial charge >= 0.3 is 0 Å². The van der Waals surface area contributed by atoms with Crippen LogP contribution in [0.25, 0.3) is 0 Å². The van der Waals surface area contributed by atoms with E-state index in [4.69, 9.17) is 0 Å². The predicted molar refractivity (Wildman–Crippen MR) is 70.3 cm³/mol. The maximum absolute atomic E-state index is 13.9. The monoisotopic (exact) mass is 336 g/mol. The molecule has 0 N–H and O–H groups in total. The lowest BCUT2D eigenvalue weighted by atomic mass is 9.61. The molecular formula is C14H8BF7O. The van der Waals surface area contributed by atoms with Crippen LogP contribution in [-0.2, 0) is 0 Å². The van der Waals surface area contributed by atoms with Crippen molar-refractivity contribution in [3.05, 3.63) is 52.4 Å². The molecule has 0 spiro atoms. The van der Waals surface area contributed by atoms with Crippen molar-refractivity contribution in [2.75, 3.05) is 7.11 Å². The van der Waals surface area contributed by atoms with Crippen molar-refractivity contribution in [2.45, 2.75) is 6.92 Å². The van der Waals surface area contributed by atoms with E-state index in [-0.39, 0.29) is 6.07 Å². The maximum atomic E-state index is 13.9. The number of rotatable bonds is 3. The largest absolute Gasteiger partial charge is 0.491 e. The van der Waals surface area contributed by atoms with Crippen LogP contribution < -0.4 is 15.7 Å². The van der Waals surface area contributed by atoms with Crippen LogP contribution in [0.1, 0.15) is 5.56 Å². The lowest BCUT2D eigenvalue weighted by Gasteiger charge is -2.13. The normalized spacial score (nSPS) is 10.8. The van der Waals surface area contributed by atoms with Crippen LogP contribution in [0.15, 0.2) is 6.07 Å². The Morgan fingerprint density at radius 3 is 1.74 bits per heavy atom. The van der Waals surface area contributed by atoms with Crippen molar-refractivity contribution in [3.63, 3.8) is 0 Å². The van der Waals surface area contributed by atoms with Gasteiger partial charge in [-0.3, -0.25) is 0 Å². The second-order valence-electron chi connectivity index (χ2n) is 4.70. The van der Waals surface area contributed by atoms with E-state index in [1.165, 1.54) is 0 Å². The molecule has 0 saturated carbocycles. The molecule has 0 bridgehead atoms. The van der Waals surface area contributed by atoms with E-state index < -0.39 is 70.2 Å². The fraction of sp³-hybridized carbons (Fsp3) is 0.143. The highest BCUT2D eigenvalue weighted by Crippen LogP contribution is 2.24. The molecule has 1 nitrogen and oxygen atoms in total. The van der Waals surface area contributed by atoms with Gasteiger partial charge in [-0.2, -0.15) is 8.78 Å². The summed E-state index contributed by atoms with van der Waals surface area (Å²) in [5.41, 5.74) is -2.34. The lowest BCUT2D eigenvalue weighted by molar-refractivity contribution is 0.335. The summed E-state index contributed by atoms with van der Waals surface area (Å²) in [6.07, 6.45) is 0. The van der Waals surface area contributed by atoms with Crippen molar-refractivity contribution in [1.29, 1.82) is 0 Å². The molecule has 23 heavy (non-hydrogen) atoms. The third-order valence-electron chi connectivity index (χ3n) is 3.41. The van der Waals surface area contributed by atoms with Crippen LogP contribution in [0.3, 0.4) is 0 Å². The zero-order chi connectivity index (χ0) is 17.5. The molecule has 0 aliphatic heterocycles. The van der Waals surface area contributed by atoms with E-state index in [0.29, 0.717) is 0 Å². The van der Waals surface area contributed by atoms with Crippen LogP contribution in [0, 0.1) is 47.6 Å². The van der Waals surface area contributed by atoms with E-state index in [2.05, 4.69) is 4.74 Å². The second kappa shape index (κ2) is 6.13. The Kier molecular flexibility index (Phi) is 4.58. The Morgan fingerprint density at radius 2 is 1.26 bits per heavy atom. The van der Waals surface area contributed by atoms with Crippen LogP contribution >= 0.6 is 0 Å². The molecule has 2 rings (SSSR count). The van der Waals surface area contributed by atoms with Gasteiger partial charge in [-0.1, -0.05) is 0 Å². The van der Waals surface area contributed by atoms with Gasteiger partial charge in [0, 0.05) is 6.07 Å².